The summed E-state index contributed by atoms with van der Waals surface area (Å²) in [4.78, 5) is 4.91. The van der Waals surface area contributed by atoms with E-state index in [1.807, 2.05) is 0 Å². The summed E-state index contributed by atoms with van der Waals surface area (Å²) in [5.74, 6) is 0. The molecule has 1 unspecified atom stereocenters. The maximum Gasteiger partial charge on any atom is 0.0560 e. The fraction of sp³-hybridized carbons (Fsp3) is 0.116. The first-order valence-electron chi connectivity index (χ1n) is 15.9. The Balaban J connectivity index is 1.33. The van der Waals surface area contributed by atoms with Crippen LogP contribution >= 0.6 is 0 Å². The maximum atomic E-state index is 2.54. The molecule has 0 saturated heterocycles. The number of fused-ring (bicyclic) bond motifs is 5. The number of rotatable bonds is 6. The van der Waals surface area contributed by atoms with Gasteiger partial charge in [0.2, 0.25) is 0 Å². The Kier molecular flexibility index (Phi) is 6.64. The summed E-state index contributed by atoms with van der Waals surface area (Å²) in [7, 11) is 0. The minimum atomic E-state index is -0.191. The Morgan fingerprint density at radius 1 is 0.556 bits per heavy atom. The van der Waals surface area contributed by atoms with Crippen LogP contribution in [0.2, 0.25) is 0 Å². The van der Waals surface area contributed by atoms with Crippen molar-refractivity contribution in [1.82, 2.24) is 0 Å². The minimum absolute atomic E-state index is 0.191. The Hall–Kier alpha value is -5.34. The number of para-hydroxylation sites is 3. The second kappa shape index (κ2) is 11.0. The standard InChI is InChI=1S/C43H36N2/c1-43(2)39-29-35(44(31-17-7-3-8-18-31)32-19-9-4-10-20-32)27-28-38(39)42-37-26-16-15-25-36(37)41(30-40(42)43)45(33-21-11-5-12-22-33)34-23-13-6-14-24-34/h3-23,25-30,34H,24H2,1-2H3. The third kappa shape index (κ3) is 4.57. The van der Waals surface area contributed by atoms with Crippen molar-refractivity contribution in [3.8, 4) is 11.1 Å². The van der Waals surface area contributed by atoms with E-state index in [1.165, 1.54) is 50.1 Å². The molecule has 0 aromatic heterocycles. The van der Waals surface area contributed by atoms with Crippen LogP contribution in [0.3, 0.4) is 0 Å². The molecule has 8 rings (SSSR count). The van der Waals surface area contributed by atoms with Crippen molar-refractivity contribution < 1.29 is 0 Å². The van der Waals surface area contributed by atoms with E-state index in [4.69, 9.17) is 0 Å². The molecular formula is C43H36N2. The zero-order chi connectivity index (χ0) is 30.4. The van der Waals surface area contributed by atoms with Gasteiger partial charge in [0.25, 0.3) is 0 Å². The summed E-state index contributed by atoms with van der Waals surface area (Å²) < 4.78 is 0. The molecule has 2 aliphatic carbocycles. The maximum absolute atomic E-state index is 2.54. The summed E-state index contributed by atoms with van der Waals surface area (Å²) in [5.41, 5.74) is 11.2. The summed E-state index contributed by atoms with van der Waals surface area (Å²) in [5, 5.41) is 2.59. The first kappa shape index (κ1) is 27.2. The van der Waals surface area contributed by atoms with Crippen LogP contribution in [0.15, 0.2) is 164 Å². The van der Waals surface area contributed by atoms with Gasteiger partial charge in [0, 0.05) is 39.2 Å². The predicted molar refractivity (Wildman–Crippen MR) is 191 cm³/mol. The fourth-order valence-corrected chi connectivity index (χ4v) is 7.35. The molecule has 6 aromatic carbocycles. The molecule has 0 aliphatic heterocycles. The Labute approximate surface area is 266 Å². The highest BCUT2D eigenvalue weighted by Gasteiger charge is 2.38. The van der Waals surface area contributed by atoms with Gasteiger partial charge in [-0.1, -0.05) is 123 Å². The topological polar surface area (TPSA) is 6.48 Å². The molecule has 0 heterocycles. The van der Waals surface area contributed by atoms with Gasteiger partial charge in [0.05, 0.1) is 6.04 Å². The molecule has 0 amide bonds. The smallest absolute Gasteiger partial charge is 0.0560 e. The third-order valence-electron chi connectivity index (χ3n) is 9.51. The van der Waals surface area contributed by atoms with Crippen LogP contribution in [0.5, 0.6) is 0 Å². The lowest BCUT2D eigenvalue weighted by Crippen LogP contribution is -2.30. The molecular weight excluding hydrogens is 544 g/mol. The van der Waals surface area contributed by atoms with Crippen molar-refractivity contribution >= 4 is 39.2 Å². The van der Waals surface area contributed by atoms with E-state index in [0.717, 1.165) is 17.8 Å². The minimum Gasteiger partial charge on any atom is -0.334 e. The lowest BCUT2D eigenvalue weighted by atomic mass is 9.81. The SMILES string of the molecule is CC1(C)c2cc(N(c3ccccc3)c3ccccc3)ccc2-c2c1cc(N(c1ccccc1)C1C=CC=CC1)c1ccccc21. The molecule has 1 atom stereocenters. The van der Waals surface area contributed by atoms with Crippen molar-refractivity contribution in [3.63, 3.8) is 0 Å². The lowest BCUT2D eigenvalue weighted by molar-refractivity contribution is 0.660. The molecule has 0 fully saturated rings. The van der Waals surface area contributed by atoms with Crippen molar-refractivity contribution in [3.05, 3.63) is 175 Å². The summed E-state index contributed by atoms with van der Waals surface area (Å²) in [6, 6.07) is 51.0. The van der Waals surface area contributed by atoms with Gasteiger partial charge >= 0.3 is 0 Å². The van der Waals surface area contributed by atoms with E-state index in [1.54, 1.807) is 0 Å². The van der Waals surface area contributed by atoms with Crippen LogP contribution in [0.4, 0.5) is 28.4 Å². The van der Waals surface area contributed by atoms with E-state index >= 15 is 0 Å². The van der Waals surface area contributed by atoms with Crippen LogP contribution in [0, 0.1) is 0 Å². The van der Waals surface area contributed by atoms with Gasteiger partial charge < -0.3 is 9.80 Å². The van der Waals surface area contributed by atoms with Crippen LogP contribution < -0.4 is 9.80 Å². The summed E-state index contributed by atoms with van der Waals surface area (Å²) >= 11 is 0. The van der Waals surface area contributed by atoms with Gasteiger partial charge in [-0.2, -0.15) is 0 Å². The van der Waals surface area contributed by atoms with Crippen LogP contribution in [0.25, 0.3) is 21.9 Å². The average molecular weight is 581 g/mol. The Morgan fingerprint density at radius 2 is 1.16 bits per heavy atom. The average Bonchev–Trinajstić information content (AvgIpc) is 3.32. The van der Waals surface area contributed by atoms with Crippen LogP contribution in [-0.4, -0.2) is 6.04 Å². The second-order valence-electron chi connectivity index (χ2n) is 12.5. The fourth-order valence-electron chi connectivity index (χ4n) is 7.35. The largest absolute Gasteiger partial charge is 0.334 e. The van der Waals surface area contributed by atoms with E-state index < -0.39 is 0 Å². The number of benzene rings is 6. The van der Waals surface area contributed by atoms with E-state index in [9.17, 15) is 0 Å². The van der Waals surface area contributed by atoms with Crippen LogP contribution in [0.1, 0.15) is 31.4 Å². The first-order valence-corrected chi connectivity index (χ1v) is 15.9. The predicted octanol–water partition coefficient (Wildman–Crippen LogP) is 11.6. The molecule has 218 valence electrons. The molecule has 0 spiro atoms. The molecule has 2 nitrogen and oxygen atoms in total. The summed E-state index contributed by atoms with van der Waals surface area (Å²) in [6.07, 6.45) is 9.93. The van der Waals surface area contributed by atoms with Gasteiger partial charge in [-0.15, -0.1) is 0 Å². The quantitative estimate of drug-likeness (QED) is 0.193. The molecule has 0 saturated carbocycles. The van der Waals surface area contributed by atoms with Crippen LogP contribution in [-0.2, 0) is 5.41 Å². The van der Waals surface area contributed by atoms with Gasteiger partial charge in [-0.05, 0) is 88.7 Å². The van der Waals surface area contributed by atoms with Gasteiger partial charge in [0.15, 0.2) is 0 Å². The highest BCUT2D eigenvalue weighted by molar-refractivity contribution is 6.09. The highest BCUT2D eigenvalue weighted by Crippen LogP contribution is 2.55. The number of allylic oxidation sites excluding steroid dienone is 2. The molecule has 45 heavy (non-hydrogen) atoms. The summed E-state index contributed by atoms with van der Waals surface area (Å²) in [6.45, 7) is 4.79. The van der Waals surface area contributed by atoms with E-state index in [2.05, 4.69) is 187 Å². The normalized spacial score (nSPS) is 15.9. The van der Waals surface area contributed by atoms with Gasteiger partial charge in [-0.25, -0.2) is 0 Å². The van der Waals surface area contributed by atoms with Crippen molar-refractivity contribution in [2.45, 2.75) is 31.7 Å². The highest BCUT2D eigenvalue weighted by atomic mass is 15.2. The van der Waals surface area contributed by atoms with Gasteiger partial charge in [0.1, 0.15) is 0 Å². The number of hydrogen-bond donors (Lipinski definition) is 0. The monoisotopic (exact) mass is 580 g/mol. The second-order valence-corrected chi connectivity index (χ2v) is 12.5. The zero-order valence-corrected chi connectivity index (χ0v) is 25.8. The van der Waals surface area contributed by atoms with E-state index in [-0.39, 0.29) is 11.5 Å². The van der Waals surface area contributed by atoms with E-state index in [0.29, 0.717) is 0 Å². The van der Waals surface area contributed by atoms with Crippen molar-refractivity contribution in [2.24, 2.45) is 0 Å². The van der Waals surface area contributed by atoms with Crippen molar-refractivity contribution in [1.29, 1.82) is 0 Å². The third-order valence-corrected chi connectivity index (χ3v) is 9.51. The Bertz CT molecular complexity index is 2020. The molecule has 6 aromatic rings. The first-order chi connectivity index (χ1) is 22.1. The molecule has 0 N–H and O–H groups in total. The lowest BCUT2D eigenvalue weighted by Gasteiger charge is -2.35. The number of hydrogen-bond acceptors (Lipinski definition) is 2. The molecule has 2 heteroatoms. The molecule has 2 aliphatic rings. The van der Waals surface area contributed by atoms with Crippen molar-refractivity contribution in [2.75, 3.05) is 9.80 Å². The number of anilines is 5. The van der Waals surface area contributed by atoms with Gasteiger partial charge in [-0.3, -0.25) is 0 Å². The molecule has 0 radical (unpaired) electrons. The molecule has 0 bridgehead atoms. The Morgan fingerprint density at radius 3 is 1.78 bits per heavy atom. The number of nitrogens with zero attached hydrogens (tertiary/aromatic N) is 2. The zero-order valence-electron chi connectivity index (χ0n) is 25.8.